The smallest absolute Gasteiger partial charge is 0.242 e. The molecule has 0 amide bonds. The number of halogens is 1. The molecule has 0 aliphatic carbocycles. The van der Waals surface area contributed by atoms with E-state index in [1.165, 1.54) is 12.1 Å². The average Bonchev–Trinajstić information content (AvgIpc) is 2.40. The number of nitrogens with one attached hydrogen (secondary N) is 1. The van der Waals surface area contributed by atoms with Crippen molar-refractivity contribution in [1.29, 1.82) is 0 Å². The van der Waals surface area contributed by atoms with Crippen molar-refractivity contribution in [1.82, 2.24) is 4.72 Å². The van der Waals surface area contributed by atoms with Gasteiger partial charge in [-0.25, -0.2) is 13.1 Å². The molecule has 0 saturated heterocycles. The van der Waals surface area contributed by atoms with Crippen LogP contribution in [0.2, 0.25) is 5.02 Å². The van der Waals surface area contributed by atoms with Crippen molar-refractivity contribution in [2.45, 2.75) is 11.3 Å². The lowest BCUT2D eigenvalue weighted by atomic mass is 10.3. The first-order valence-corrected chi connectivity index (χ1v) is 7.95. The second-order valence-corrected chi connectivity index (χ2v) is 6.21. The molecule has 8 heteroatoms. The zero-order valence-electron chi connectivity index (χ0n) is 11.3. The molecule has 0 aliphatic rings. The van der Waals surface area contributed by atoms with Crippen LogP contribution in [-0.4, -0.2) is 41.9 Å². The Morgan fingerprint density at radius 3 is 2.75 bits per heavy atom. The fraction of sp³-hybridized carbons (Fsp3) is 0.500. The molecule has 1 aromatic rings. The maximum Gasteiger partial charge on any atom is 0.242 e. The predicted octanol–water partition coefficient (Wildman–Crippen LogP) is 1.25. The van der Waals surface area contributed by atoms with Crippen LogP contribution < -0.4 is 10.5 Å². The quantitative estimate of drug-likeness (QED) is 0.527. The van der Waals surface area contributed by atoms with Gasteiger partial charge in [-0.05, 0) is 24.6 Å². The van der Waals surface area contributed by atoms with Gasteiger partial charge < -0.3 is 15.2 Å². The summed E-state index contributed by atoms with van der Waals surface area (Å²) in [7, 11) is -2.06. The van der Waals surface area contributed by atoms with Crippen molar-refractivity contribution in [2.24, 2.45) is 0 Å². The zero-order chi connectivity index (χ0) is 15.0. The number of rotatable bonds is 9. The average molecular weight is 323 g/mol. The lowest BCUT2D eigenvalue weighted by molar-refractivity contribution is 0.0699. The largest absolute Gasteiger partial charge is 0.398 e. The van der Waals surface area contributed by atoms with E-state index in [1.807, 2.05) is 0 Å². The molecule has 114 valence electrons. The van der Waals surface area contributed by atoms with Crippen LogP contribution in [0.25, 0.3) is 0 Å². The molecule has 1 aromatic carbocycles. The van der Waals surface area contributed by atoms with E-state index in [9.17, 15) is 8.42 Å². The summed E-state index contributed by atoms with van der Waals surface area (Å²) in [5.41, 5.74) is 5.81. The molecule has 0 saturated carbocycles. The van der Waals surface area contributed by atoms with Crippen LogP contribution in [0.4, 0.5) is 5.69 Å². The number of nitrogens with two attached hydrogens (primary N) is 1. The first-order chi connectivity index (χ1) is 9.47. The van der Waals surface area contributed by atoms with Crippen molar-refractivity contribution in [3.8, 4) is 0 Å². The molecule has 0 aliphatic heterocycles. The molecule has 0 fully saturated rings. The Hall–Kier alpha value is -0.860. The molecular weight excluding hydrogens is 304 g/mol. The summed E-state index contributed by atoms with van der Waals surface area (Å²) in [4.78, 5) is -0.00898. The van der Waals surface area contributed by atoms with Crippen LogP contribution in [0.5, 0.6) is 0 Å². The summed E-state index contributed by atoms with van der Waals surface area (Å²) >= 11 is 5.78. The van der Waals surface area contributed by atoms with Gasteiger partial charge in [0.1, 0.15) is 4.90 Å². The number of hydrogen-bond donors (Lipinski definition) is 2. The Labute approximate surface area is 124 Å². The molecule has 0 radical (unpaired) electrons. The minimum absolute atomic E-state index is 0.00898. The van der Waals surface area contributed by atoms with Gasteiger partial charge in [0, 0.05) is 25.3 Å². The third kappa shape index (κ3) is 5.64. The molecule has 0 aromatic heterocycles. The fourth-order valence-electron chi connectivity index (χ4n) is 1.44. The molecule has 6 nitrogen and oxygen atoms in total. The van der Waals surface area contributed by atoms with E-state index in [0.29, 0.717) is 31.3 Å². The summed E-state index contributed by atoms with van der Waals surface area (Å²) < 4.78 is 36.6. The second kappa shape index (κ2) is 8.43. The van der Waals surface area contributed by atoms with Crippen LogP contribution >= 0.6 is 11.6 Å². The molecule has 0 bridgehead atoms. The molecule has 0 heterocycles. The molecule has 20 heavy (non-hydrogen) atoms. The lowest BCUT2D eigenvalue weighted by Gasteiger charge is -2.09. The molecule has 0 spiro atoms. The van der Waals surface area contributed by atoms with Crippen molar-refractivity contribution in [2.75, 3.05) is 39.2 Å². The zero-order valence-corrected chi connectivity index (χ0v) is 12.8. The van der Waals surface area contributed by atoms with E-state index in [1.54, 1.807) is 13.2 Å². The van der Waals surface area contributed by atoms with Gasteiger partial charge in [-0.1, -0.05) is 11.6 Å². The van der Waals surface area contributed by atoms with Gasteiger partial charge >= 0.3 is 0 Å². The normalized spacial score (nSPS) is 11.7. The van der Waals surface area contributed by atoms with E-state index in [4.69, 9.17) is 26.8 Å². The lowest BCUT2D eigenvalue weighted by Crippen LogP contribution is -2.26. The van der Waals surface area contributed by atoms with Crippen LogP contribution in [-0.2, 0) is 19.5 Å². The Bertz CT molecular complexity index is 522. The Morgan fingerprint density at radius 1 is 1.30 bits per heavy atom. The highest BCUT2D eigenvalue weighted by Gasteiger charge is 2.17. The van der Waals surface area contributed by atoms with E-state index in [-0.39, 0.29) is 17.1 Å². The monoisotopic (exact) mass is 322 g/mol. The summed E-state index contributed by atoms with van der Waals surface area (Å²) in [6.07, 6.45) is 0.559. The third-order valence-corrected chi connectivity index (χ3v) is 4.21. The number of methoxy groups -OCH3 is 1. The van der Waals surface area contributed by atoms with Gasteiger partial charge in [0.2, 0.25) is 10.0 Å². The van der Waals surface area contributed by atoms with Crippen molar-refractivity contribution < 1.29 is 17.9 Å². The highest BCUT2D eigenvalue weighted by molar-refractivity contribution is 7.89. The third-order valence-electron chi connectivity index (χ3n) is 2.45. The molecule has 0 unspecified atom stereocenters. The van der Waals surface area contributed by atoms with Crippen LogP contribution in [0.15, 0.2) is 23.1 Å². The number of sulfonamides is 1. The molecule has 3 N–H and O–H groups in total. The number of nitrogen functional groups attached to an aromatic ring is 1. The van der Waals surface area contributed by atoms with Gasteiger partial charge in [-0.3, -0.25) is 0 Å². The van der Waals surface area contributed by atoms with E-state index < -0.39 is 10.0 Å². The molecular formula is C12H19ClN2O4S. The summed E-state index contributed by atoms with van der Waals surface area (Å²) in [6.45, 7) is 1.73. The van der Waals surface area contributed by atoms with Gasteiger partial charge in [-0.2, -0.15) is 0 Å². The predicted molar refractivity (Wildman–Crippen MR) is 78.4 cm³/mol. The number of anilines is 1. The van der Waals surface area contributed by atoms with Gasteiger partial charge in [-0.15, -0.1) is 0 Å². The summed E-state index contributed by atoms with van der Waals surface area (Å²) in [5.74, 6) is 0. The van der Waals surface area contributed by atoms with Crippen LogP contribution in [0.1, 0.15) is 6.42 Å². The van der Waals surface area contributed by atoms with Crippen molar-refractivity contribution in [3.05, 3.63) is 23.2 Å². The fourth-order valence-corrected chi connectivity index (χ4v) is 2.91. The van der Waals surface area contributed by atoms with Crippen LogP contribution in [0, 0.1) is 0 Å². The first kappa shape index (κ1) is 17.2. The SMILES string of the molecule is COCCOCCCNS(=O)(=O)c1cc(Cl)ccc1N. The molecule has 0 atom stereocenters. The van der Waals surface area contributed by atoms with E-state index >= 15 is 0 Å². The van der Waals surface area contributed by atoms with E-state index in [2.05, 4.69) is 4.72 Å². The highest BCUT2D eigenvalue weighted by Crippen LogP contribution is 2.22. The molecule has 1 rings (SSSR count). The topological polar surface area (TPSA) is 90.6 Å². The number of ether oxygens (including phenoxy) is 2. The Balaban J connectivity index is 2.44. The van der Waals surface area contributed by atoms with Crippen LogP contribution in [0.3, 0.4) is 0 Å². The van der Waals surface area contributed by atoms with Gasteiger partial charge in [0.25, 0.3) is 0 Å². The first-order valence-electron chi connectivity index (χ1n) is 6.09. The van der Waals surface area contributed by atoms with Gasteiger partial charge in [0.05, 0.1) is 18.9 Å². The maximum absolute atomic E-state index is 12.0. The van der Waals surface area contributed by atoms with Gasteiger partial charge in [0.15, 0.2) is 0 Å². The summed E-state index contributed by atoms with van der Waals surface area (Å²) in [5, 5.41) is 0.322. The Morgan fingerprint density at radius 2 is 2.05 bits per heavy atom. The number of hydrogen-bond acceptors (Lipinski definition) is 5. The standard InChI is InChI=1S/C12H19ClN2O4S/c1-18-7-8-19-6-2-5-15-20(16,17)12-9-10(13)3-4-11(12)14/h3-4,9,15H,2,5-8,14H2,1H3. The maximum atomic E-state index is 12.0. The minimum Gasteiger partial charge on any atom is -0.398 e. The van der Waals surface area contributed by atoms with Crippen molar-refractivity contribution in [3.63, 3.8) is 0 Å². The van der Waals surface area contributed by atoms with Crippen molar-refractivity contribution >= 4 is 27.3 Å². The van der Waals surface area contributed by atoms with E-state index in [0.717, 1.165) is 0 Å². The number of benzene rings is 1. The Kier molecular flexibility index (Phi) is 7.25. The highest BCUT2D eigenvalue weighted by atomic mass is 35.5. The second-order valence-electron chi connectivity index (χ2n) is 4.04. The summed E-state index contributed by atoms with van der Waals surface area (Å²) in [6, 6.07) is 4.33. The minimum atomic E-state index is -3.65.